The summed E-state index contributed by atoms with van der Waals surface area (Å²) in [7, 11) is 0. The van der Waals surface area contributed by atoms with Crippen molar-refractivity contribution in [1.29, 1.82) is 0 Å². The molecular weight excluding hydrogens is 244 g/mol. The molecule has 0 amide bonds. The maximum Gasteiger partial charge on any atom is 0.256 e. The van der Waals surface area contributed by atoms with Crippen molar-refractivity contribution in [3.8, 4) is 11.1 Å². The second-order valence-electron chi connectivity index (χ2n) is 5.27. The van der Waals surface area contributed by atoms with E-state index >= 15 is 0 Å². The minimum absolute atomic E-state index is 0.458. The number of halogens is 2. The monoisotopic (exact) mass is 259 g/mol. The molecule has 1 nitrogen and oxygen atoms in total. The van der Waals surface area contributed by atoms with Crippen LogP contribution >= 0.6 is 0 Å². The zero-order chi connectivity index (χ0) is 13.6. The Labute approximate surface area is 111 Å². The summed E-state index contributed by atoms with van der Waals surface area (Å²) in [5, 5.41) is 0. The van der Waals surface area contributed by atoms with Gasteiger partial charge in [-0.2, -0.15) is 0 Å². The molecule has 0 spiro atoms. The first-order valence-corrected chi connectivity index (χ1v) is 6.28. The van der Waals surface area contributed by atoms with Gasteiger partial charge in [0.05, 0.1) is 5.54 Å². The van der Waals surface area contributed by atoms with E-state index in [1.54, 1.807) is 0 Å². The van der Waals surface area contributed by atoms with E-state index in [1.807, 2.05) is 48.5 Å². The number of benzene rings is 2. The summed E-state index contributed by atoms with van der Waals surface area (Å²) >= 11 is 0. The van der Waals surface area contributed by atoms with Crippen LogP contribution in [0, 0.1) is 0 Å². The largest absolute Gasteiger partial charge is 0.320 e. The number of hydrogen-bond acceptors (Lipinski definition) is 1. The number of hydrogen-bond donors (Lipinski definition) is 1. The normalized spacial score (nSPS) is 17.1. The van der Waals surface area contributed by atoms with Gasteiger partial charge in [-0.25, -0.2) is 8.78 Å². The van der Waals surface area contributed by atoms with Crippen LogP contribution < -0.4 is 5.73 Å². The summed E-state index contributed by atoms with van der Waals surface area (Å²) in [6, 6.07) is 15.3. The van der Waals surface area contributed by atoms with E-state index in [1.165, 1.54) is 6.92 Å². The Morgan fingerprint density at radius 1 is 0.947 bits per heavy atom. The number of rotatable bonds is 2. The van der Waals surface area contributed by atoms with Crippen LogP contribution in [-0.4, -0.2) is 12.0 Å². The van der Waals surface area contributed by atoms with E-state index < -0.39 is 17.9 Å². The van der Waals surface area contributed by atoms with Gasteiger partial charge in [0.1, 0.15) is 0 Å². The molecule has 2 aromatic carbocycles. The number of nitrogens with two attached hydrogens (primary N) is 1. The Morgan fingerprint density at radius 2 is 1.37 bits per heavy atom. The van der Waals surface area contributed by atoms with Gasteiger partial charge in [0.25, 0.3) is 6.43 Å². The lowest BCUT2D eigenvalue weighted by atomic mass is 9.80. The molecule has 2 N–H and O–H groups in total. The summed E-state index contributed by atoms with van der Waals surface area (Å²) in [6.07, 6.45) is -2.57. The average molecular weight is 259 g/mol. The third-order valence-electron chi connectivity index (χ3n) is 3.93. The molecule has 0 radical (unpaired) electrons. The van der Waals surface area contributed by atoms with Gasteiger partial charge in [-0.15, -0.1) is 0 Å². The minimum atomic E-state index is -2.57. The molecule has 0 saturated carbocycles. The lowest BCUT2D eigenvalue weighted by molar-refractivity contribution is 0.0553. The minimum Gasteiger partial charge on any atom is -0.320 e. The fourth-order valence-corrected chi connectivity index (χ4v) is 2.95. The van der Waals surface area contributed by atoms with Crippen LogP contribution in [0.3, 0.4) is 0 Å². The topological polar surface area (TPSA) is 26.0 Å². The van der Waals surface area contributed by atoms with Crippen molar-refractivity contribution in [3.63, 3.8) is 0 Å². The third kappa shape index (κ3) is 1.69. The zero-order valence-corrected chi connectivity index (χ0v) is 10.6. The van der Waals surface area contributed by atoms with Gasteiger partial charge in [0.15, 0.2) is 0 Å². The van der Waals surface area contributed by atoms with Gasteiger partial charge in [-0.05, 0) is 29.2 Å². The summed E-state index contributed by atoms with van der Waals surface area (Å²) in [5.41, 5.74) is 8.20. The van der Waals surface area contributed by atoms with E-state index in [0.717, 1.165) is 22.3 Å². The Kier molecular flexibility index (Phi) is 2.68. The fraction of sp³-hybridized carbons (Fsp3) is 0.250. The molecule has 19 heavy (non-hydrogen) atoms. The third-order valence-corrected chi connectivity index (χ3v) is 3.93. The van der Waals surface area contributed by atoms with Gasteiger partial charge in [-0.3, -0.25) is 0 Å². The molecular formula is C16H15F2N. The van der Waals surface area contributed by atoms with E-state index in [2.05, 4.69) is 0 Å². The van der Waals surface area contributed by atoms with Crippen molar-refractivity contribution in [3.05, 3.63) is 59.7 Å². The van der Waals surface area contributed by atoms with Gasteiger partial charge in [0.2, 0.25) is 0 Å². The number of alkyl halides is 2. The Hall–Kier alpha value is -1.74. The Bertz CT molecular complexity index is 574. The summed E-state index contributed by atoms with van der Waals surface area (Å²) in [4.78, 5) is 0. The molecule has 98 valence electrons. The lowest BCUT2D eigenvalue weighted by Crippen LogP contribution is -2.49. The van der Waals surface area contributed by atoms with Crippen molar-refractivity contribution >= 4 is 0 Å². The molecule has 3 rings (SSSR count). The zero-order valence-electron chi connectivity index (χ0n) is 10.6. The summed E-state index contributed by atoms with van der Waals surface area (Å²) in [6.45, 7) is 1.43. The van der Waals surface area contributed by atoms with E-state index in [0.29, 0.717) is 0 Å². The van der Waals surface area contributed by atoms with E-state index in [9.17, 15) is 8.78 Å². The predicted molar refractivity (Wildman–Crippen MR) is 72.3 cm³/mol. The van der Waals surface area contributed by atoms with Gasteiger partial charge in [-0.1, -0.05) is 48.5 Å². The second kappa shape index (κ2) is 4.14. The smallest absolute Gasteiger partial charge is 0.256 e. The molecule has 1 aliphatic rings. The van der Waals surface area contributed by atoms with Crippen molar-refractivity contribution < 1.29 is 8.78 Å². The second-order valence-corrected chi connectivity index (χ2v) is 5.27. The molecule has 1 aliphatic carbocycles. The van der Waals surface area contributed by atoms with Crippen LogP contribution in [0.25, 0.3) is 11.1 Å². The molecule has 1 unspecified atom stereocenters. The molecule has 0 aromatic heterocycles. The van der Waals surface area contributed by atoms with Crippen LogP contribution in [0.1, 0.15) is 24.0 Å². The van der Waals surface area contributed by atoms with Crippen molar-refractivity contribution in [2.75, 3.05) is 0 Å². The molecule has 0 aliphatic heterocycles. The summed E-state index contributed by atoms with van der Waals surface area (Å²) < 4.78 is 26.7. The first-order valence-electron chi connectivity index (χ1n) is 6.28. The first kappa shape index (κ1) is 12.3. The van der Waals surface area contributed by atoms with Crippen LogP contribution in [0.4, 0.5) is 8.78 Å². The Morgan fingerprint density at radius 3 is 1.79 bits per heavy atom. The Balaban J connectivity index is 2.26. The molecule has 0 fully saturated rings. The first-order chi connectivity index (χ1) is 9.03. The molecule has 2 aromatic rings. The number of fused-ring (bicyclic) bond motifs is 3. The molecule has 0 heterocycles. The van der Waals surface area contributed by atoms with Crippen LogP contribution in [0.2, 0.25) is 0 Å². The maximum absolute atomic E-state index is 13.3. The van der Waals surface area contributed by atoms with Crippen LogP contribution in [0.15, 0.2) is 48.5 Å². The average Bonchev–Trinajstić information content (AvgIpc) is 2.73. The fourth-order valence-electron chi connectivity index (χ4n) is 2.95. The van der Waals surface area contributed by atoms with E-state index in [4.69, 9.17) is 5.73 Å². The highest BCUT2D eigenvalue weighted by molar-refractivity contribution is 5.79. The highest BCUT2D eigenvalue weighted by Gasteiger charge is 2.45. The standard InChI is InChI=1S/C16H15F2N/c1-16(19,15(17)18)14-12-8-4-2-6-10(12)11-7-3-5-9-13(11)14/h2-9,14-15H,19H2,1H3. The van der Waals surface area contributed by atoms with Gasteiger partial charge in [0, 0.05) is 5.92 Å². The highest BCUT2D eigenvalue weighted by atomic mass is 19.3. The maximum atomic E-state index is 13.3. The van der Waals surface area contributed by atoms with Crippen molar-refractivity contribution in [2.24, 2.45) is 5.73 Å². The summed E-state index contributed by atoms with van der Waals surface area (Å²) in [5.74, 6) is -0.458. The highest BCUT2D eigenvalue weighted by Crippen LogP contribution is 2.49. The predicted octanol–water partition coefficient (Wildman–Crippen LogP) is 3.78. The molecule has 0 bridgehead atoms. The van der Waals surface area contributed by atoms with E-state index in [-0.39, 0.29) is 0 Å². The van der Waals surface area contributed by atoms with Crippen LogP contribution in [0.5, 0.6) is 0 Å². The molecule has 3 heteroatoms. The van der Waals surface area contributed by atoms with Gasteiger partial charge < -0.3 is 5.73 Å². The molecule has 0 saturated heterocycles. The van der Waals surface area contributed by atoms with Crippen LogP contribution in [-0.2, 0) is 0 Å². The van der Waals surface area contributed by atoms with Crippen molar-refractivity contribution in [2.45, 2.75) is 24.8 Å². The quantitative estimate of drug-likeness (QED) is 0.872. The lowest BCUT2D eigenvalue weighted by Gasteiger charge is -2.32. The SMILES string of the molecule is CC(N)(C(F)F)C1c2ccccc2-c2ccccc21. The van der Waals surface area contributed by atoms with Gasteiger partial charge >= 0.3 is 0 Å². The van der Waals surface area contributed by atoms with Crippen molar-refractivity contribution in [1.82, 2.24) is 0 Å². The molecule has 1 atom stereocenters.